The van der Waals surface area contributed by atoms with Crippen LogP contribution in [0.15, 0.2) is 12.1 Å². The summed E-state index contributed by atoms with van der Waals surface area (Å²) in [5.41, 5.74) is 3.87. The molecule has 1 aromatic rings. The van der Waals surface area contributed by atoms with Crippen LogP contribution in [0.2, 0.25) is 0 Å². The summed E-state index contributed by atoms with van der Waals surface area (Å²) < 4.78 is 5.35. The van der Waals surface area contributed by atoms with Crippen LogP contribution in [0.5, 0.6) is 5.75 Å². The fraction of sp³-hybridized carbons (Fsp3) is 0.571. The third-order valence-electron chi connectivity index (χ3n) is 3.74. The maximum atomic E-state index is 5.35. The van der Waals surface area contributed by atoms with Crippen molar-refractivity contribution in [2.75, 3.05) is 38.7 Å². The van der Waals surface area contributed by atoms with Gasteiger partial charge in [0.2, 0.25) is 0 Å². The second-order valence-corrected chi connectivity index (χ2v) is 4.94. The van der Waals surface area contributed by atoms with E-state index in [0.29, 0.717) is 0 Å². The fourth-order valence-electron chi connectivity index (χ4n) is 2.38. The van der Waals surface area contributed by atoms with Crippen LogP contribution in [0, 0.1) is 19.8 Å². The van der Waals surface area contributed by atoms with Gasteiger partial charge in [0.25, 0.3) is 0 Å². The first kappa shape index (κ1) is 12.2. The van der Waals surface area contributed by atoms with E-state index in [1.165, 1.54) is 16.8 Å². The van der Waals surface area contributed by atoms with Gasteiger partial charge in [-0.3, -0.25) is 0 Å². The fourth-order valence-corrected chi connectivity index (χ4v) is 2.38. The molecule has 0 saturated carbocycles. The molecule has 94 valence electrons. The van der Waals surface area contributed by atoms with Gasteiger partial charge in [-0.15, -0.1) is 0 Å². The van der Waals surface area contributed by atoms with E-state index in [1.54, 1.807) is 7.11 Å². The number of nitrogens with one attached hydrogen (secondary N) is 1. The largest absolute Gasteiger partial charge is 0.496 e. The molecule has 1 saturated heterocycles. The maximum absolute atomic E-state index is 5.35. The number of methoxy groups -OCH3 is 1. The van der Waals surface area contributed by atoms with Crippen LogP contribution >= 0.6 is 0 Å². The van der Waals surface area contributed by atoms with Crippen molar-refractivity contribution in [3.8, 4) is 5.75 Å². The molecule has 0 aliphatic carbocycles. The Kier molecular flexibility index (Phi) is 3.57. The molecule has 1 aliphatic rings. The smallest absolute Gasteiger partial charge is 0.122 e. The normalized spacial score (nSPS) is 15.5. The molecule has 0 radical (unpaired) electrons. The Hall–Kier alpha value is -1.22. The second-order valence-electron chi connectivity index (χ2n) is 4.94. The first-order valence-corrected chi connectivity index (χ1v) is 6.19. The minimum Gasteiger partial charge on any atom is -0.496 e. The van der Waals surface area contributed by atoms with E-state index in [1.807, 2.05) is 0 Å². The van der Waals surface area contributed by atoms with Gasteiger partial charge in [0.05, 0.1) is 7.11 Å². The first-order chi connectivity index (χ1) is 8.13. The molecule has 3 nitrogen and oxygen atoms in total. The average molecular weight is 234 g/mol. The Bertz CT molecular complexity index is 399. The summed E-state index contributed by atoms with van der Waals surface area (Å²) in [6, 6.07) is 4.22. The predicted octanol–water partition coefficient (Wildman–Crippen LogP) is 1.97. The maximum Gasteiger partial charge on any atom is 0.122 e. The molecule has 0 bridgehead atoms. The molecule has 0 unspecified atom stereocenters. The molecule has 1 aliphatic heterocycles. The SMILES string of the molecule is COc1ccc(N(C)CC2CNC2)c(C)c1C. The lowest BCUT2D eigenvalue weighted by molar-refractivity contribution is 0.352. The lowest BCUT2D eigenvalue weighted by Gasteiger charge is -2.33. The zero-order valence-corrected chi connectivity index (χ0v) is 11.2. The van der Waals surface area contributed by atoms with E-state index < -0.39 is 0 Å². The minimum atomic E-state index is 0.793. The van der Waals surface area contributed by atoms with Gasteiger partial charge < -0.3 is 15.0 Å². The highest BCUT2D eigenvalue weighted by molar-refractivity contribution is 5.59. The van der Waals surface area contributed by atoms with Crippen LogP contribution in [-0.2, 0) is 0 Å². The quantitative estimate of drug-likeness (QED) is 0.862. The number of hydrogen-bond donors (Lipinski definition) is 1. The highest BCUT2D eigenvalue weighted by Crippen LogP contribution is 2.29. The highest BCUT2D eigenvalue weighted by Gasteiger charge is 2.19. The summed E-state index contributed by atoms with van der Waals surface area (Å²) in [6.45, 7) is 7.72. The van der Waals surface area contributed by atoms with Crippen LogP contribution in [0.4, 0.5) is 5.69 Å². The van der Waals surface area contributed by atoms with Crippen LogP contribution in [0.1, 0.15) is 11.1 Å². The lowest BCUT2D eigenvalue weighted by Crippen LogP contribution is -2.47. The molecule has 2 rings (SSSR count). The third-order valence-corrected chi connectivity index (χ3v) is 3.74. The van der Waals surface area contributed by atoms with Gasteiger partial charge in [0, 0.05) is 38.3 Å². The monoisotopic (exact) mass is 234 g/mol. The summed E-state index contributed by atoms with van der Waals surface area (Å²) in [5, 5.41) is 3.32. The molecular weight excluding hydrogens is 212 g/mol. The molecule has 0 amide bonds. The number of rotatable bonds is 4. The molecule has 3 heteroatoms. The van der Waals surface area contributed by atoms with Gasteiger partial charge in [0.1, 0.15) is 5.75 Å². The van der Waals surface area contributed by atoms with Crippen molar-refractivity contribution in [1.82, 2.24) is 5.32 Å². The third kappa shape index (κ3) is 2.39. The topological polar surface area (TPSA) is 24.5 Å². The summed E-state index contributed by atoms with van der Waals surface area (Å²) in [4.78, 5) is 2.35. The van der Waals surface area contributed by atoms with Crippen molar-refractivity contribution in [2.45, 2.75) is 13.8 Å². The highest BCUT2D eigenvalue weighted by atomic mass is 16.5. The Labute approximate surface area is 104 Å². The van der Waals surface area contributed by atoms with E-state index in [4.69, 9.17) is 4.74 Å². The Balaban J connectivity index is 2.16. The molecule has 1 fully saturated rings. The molecule has 0 atom stereocenters. The zero-order chi connectivity index (χ0) is 12.4. The van der Waals surface area contributed by atoms with Crippen molar-refractivity contribution in [1.29, 1.82) is 0 Å². The van der Waals surface area contributed by atoms with Crippen molar-refractivity contribution >= 4 is 5.69 Å². The molecule has 1 aromatic carbocycles. The van der Waals surface area contributed by atoms with Crippen LogP contribution in [-0.4, -0.2) is 33.8 Å². The van der Waals surface area contributed by atoms with E-state index in [0.717, 1.165) is 31.3 Å². The number of hydrogen-bond acceptors (Lipinski definition) is 3. The average Bonchev–Trinajstić information content (AvgIpc) is 2.27. The summed E-state index contributed by atoms with van der Waals surface area (Å²) in [7, 11) is 3.90. The molecule has 0 aromatic heterocycles. The molecule has 1 N–H and O–H groups in total. The van der Waals surface area contributed by atoms with E-state index >= 15 is 0 Å². The van der Waals surface area contributed by atoms with E-state index in [9.17, 15) is 0 Å². The van der Waals surface area contributed by atoms with Crippen molar-refractivity contribution in [2.24, 2.45) is 5.92 Å². The summed E-state index contributed by atoms with van der Waals surface area (Å²) in [6.07, 6.45) is 0. The van der Waals surface area contributed by atoms with Crippen LogP contribution < -0.4 is 15.0 Å². The van der Waals surface area contributed by atoms with Crippen LogP contribution in [0.3, 0.4) is 0 Å². The zero-order valence-electron chi connectivity index (χ0n) is 11.2. The van der Waals surface area contributed by atoms with Crippen molar-refractivity contribution in [3.63, 3.8) is 0 Å². The molecular formula is C14H22N2O. The second kappa shape index (κ2) is 4.96. The Morgan fingerprint density at radius 3 is 2.53 bits per heavy atom. The van der Waals surface area contributed by atoms with E-state index in [-0.39, 0.29) is 0 Å². The van der Waals surface area contributed by atoms with Crippen molar-refractivity contribution < 1.29 is 4.74 Å². The van der Waals surface area contributed by atoms with Gasteiger partial charge in [-0.2, -0.15) is 0 Å². The first-order valence-electron chi connectivity index (χ1n) is 6.19. The standard InChI is InChI=1S/C14H22N2O/c1-10-11(2)14(17-4)6-5-13(10)16(3)9-12-7-15-8-12/h5-6,12,15H,7-9H2,1-4H3. The summed E-state index contributed by atoms with van der Waals surface area (Å²) in [5.74, 6) is 1.77. The Morgan fingerprint density at radius 2 is 2.00 bits per heavy atom. The van der Waals surface area contributed by atoms with Crippen LogP contribution in [0.25, 0.3) is 0 Å². The number of nitrogens with zero attached hydrogens (tertiary/aromatic N) is 1. The Morgan fingerprint density at radius 1 is 1.29 bits per heavy atom. The van der Waals surface area contributed by atoms with Gasteiger partial charge in [0.15, 0.2) is 0 Å². The van der Waals surface area contributed by atoms with Gasteiger partial charge in [-0.05, 0) is 37.1 Å². The van der Waals surface area contributed by atoms with Gasteiger partial charge in [-0.25, -0.2) is 0 Å². The number of ether oxygens (including phenoxy) is 1. The molecule has 0 spiro atoms. The number of benzene rings is 1. The van der Waals surface area contributed by atoms with Gasteiger partial charge >= 0.3 is 0 Å². The molecule has 1 heterocycles. The minimum absolute atomic E-state index is 0.793. The molecule has 17 heavy (non-hydrogen) atoms. The van der Waals surface area contributed by atoms with Gasteiger partial charge in [-0.1, -0.05) is 0 Å². The summed E-state index contributed by atoms with van der Waals surface area (Å²) >= 11 is 0. The predicted molar refractivity (Wildman–Crippen MR) is 72.1 cm³/mol. The van der Waals surface area contributed by atoms with E-state index in [2.05, 4.69) is 43.2 Å². The lowest BCUT2D eigenvalue weighted by atomic mass is 10.0. The van der Waals surface area contributed by atoms with Crippen molar-refractivity contribution in [3.05, 3.63) is 23.3 Å². The number of anilines is 1.